The summed E-state index contributed by atoms with van der Waals surface area (Å²) in [6, 6.07) is 15.7. The van der Waals surface area contributed by atoms with E-state index in [1.807, 2.05) is 18.2 Å². The van der Waals surface area contributed by atoms with E-state index in [1.54, 1.807) is 49.5 Å². The molecule has 28 heavy (non-hydrogen) atoms. The summed E-state index contributed by atoms with van der Waals surface area (Å²) < 4.78 is 38.7. The van der Waals surface area contributed by atoms with Gasteiger partial charge in [-0.3, -0.25) is 4.72 Å². The number of hydrogen-bond donors (Lipinski definition) is 2. The van der Waals surface area contributed by atoms with Crippen molar-refractivity contribution in [2.24, 2.45) is 0 Å². The van der Waals surface area contributed by atoms with Gasteiger partial charge in [-0.15, -0.1) is 0 Å². The quantitative estimate of drug-likeness (QED) is 0.682. The van der Waals surface area contributed by atoms with E-state index < -0.39 is 10.0 Å². The topological polar surface area (TPSA) is 89.6 Å². The van der Waals surface area contributed by atoms with Crippen LogP contribution >= 0.6 is 0 Å². The van der Waals surface area contributed by atoms with Crippen LogP contribution in [-0.4, -0.2) is 26.6 Å². The Labute approximate surface area is 163 Å². The maximum absolute atomic E-state index is 12.5. The molecule has 1 aromatic heterocycles. The smallest absolute Gasteiger partial charge is 0.263 e. The fraction of sp³-hybridized carbons (Fsp3) is 0.150. The summed E-state index contributed by atoms with van der Waals surface area (Å²) in [4.78, 5) is 4.43. The summed E-state index contributed by atoms with van der Waals surface area (Å²) >= 11 is 0. The lowest BCUT2D eigenvalue weighted by Gasteiger charge is -2.19. The zero-order chi connectivity index (χ0) is 19.6. The first kappa shape index (κ1) is 18.1. The molecule has 1 aliphatic rings. The Hall–Kier alpha value is -3.26. The minimum absolute atomic E-state index is 0.232. The minimum atomic E-state index is -3.69. The molecule has 0 unspecified atom stereocenters. The number of rotatable bonds is 5. The van der Waals surface area contributed by atoms with E-state index in [1.165, 1.54) is 0 Å². The number of nitrogens with one attached hydrogen (secondary N) is 2. The van der Waals surface area contributed by atoms with Crippen molar-refractivity contribution in [2.45, 2.75) is 11.8 Å². The summed E-state index contributed by atoms with van der Waals surface area (Å²) in [5, 5.41) is 3.21. The highest BCUT2D eigenvalue weighted by atomic mass is 32.2. The van der Waals surface area contributed by atoms with Gasteiger partial charge in [-0.1, -0.05) is 18.2 Å². The van der Waals surface area contributed by atoms with E-state index in [-0.39, 0.29) is 10.7 Å². The van der Waals surface area contributed by atoms with E-state index in [0.29, 0.717) is 24.5 Å². The van der Waals surface area contributed by atoms with E-state index in [0.717, 1.165) is 17.1 Å². The molecule has 144 valence electrons. The molecule has 1 aliphatic heterocycles. The van der Waals surface area contributed by atoms with Gasteiger partial charge < -0.3 is 14.8 Å². The molecule has 0 fully saturated rings. The predicted octanol–water partition coefficient (Wildman–Crippen LogP) is 3.71. The summed E-state index contributed by atoms with van der Waals surface area (Å²) in [5.41, 5.74) is 2.21. The maximum atomic E-state index is 12.5. The van der Waals surface area contributed by atoms with Crippen molar-refractivity contribution in [1.82, 2.24) is 4.98 Å². The molecule has 0 radical (unpaired) electrons. The first-order valence-electron chi connectivity index (χ1n) is 8.72. The second kappa shape index (κ2) is 7.40. The first-order valence-corrected chi connectivity index (χ1v) is 10.2. The van der Waals surface area contributed by atoms with Crippen molar-refractivity contribution in [1.29, 1.82) is 0 Å². The van der Waals surface area contributed by atoms with Gasteiger partial charge in [0, 0.05) is 11.8 Å². The lowest BCUT2D eigenvalue weighted by molar-refractivity contribution is 0.171. The third-order valence-electron chi connectivity index (χ3n) is 4.22. The molecule has 0 saturated carbocycles. The highest BCUT2D eigenvalue weighted by molar-refractivity contribution is 7.92. The lowest BCUT2D eigenvalue weighted by Crippen LogP contribution is -2.15. The molecular formula is C20H19N3O4S. The highest BCUT2D eigenvalue weighted by Crippen LogP contribution is 2.33. The molecule has 0 bridgehead atoms. The second-order valence-corrected chi connectivity index (χ2v) is 7.94. The number of hydrogen-bond acceptors (Lipinski definition) is 6. The Morgan fingerprint density at radius 2 is 1.68 bits per heavy atom. The summed E-state index contributed by atoms with van der Waals surface area (Å²) in [5.74, 6) is 1.65. The van der Waals surface area contributed by atoms with Crippen molar-refractivity contribution in [3.63, 3.8) is 0 Å². The molecule has 3 aromatic rings. The monoisotopic (exact) mass is 397 g/mol. The SMILES string of the molecule is Cc1ccccc1S(=O)(=O)Nc1ccc(Nc2ccc3c(c2)OCCO3)cn1. The normalized spacial score (nSPS) is 13.0. The number of ether oxygens (including phenoxy) is 2. The van der Waals surface area contributed by atoms with Crippen LogP contribution in [0.1, 0.15) is 5.56 Å². The standard InChI is InChI=1S/C20H19N3O4S/c1-14-4-2-3-5-19(14)28(24,25)23-20-9-7-16(13-21-20)22-15-6-8-17-18(12-15)27-11-10-26-17/h2-9,12-13,22H,10-11H2,1H3,(H,21,23). The number of aromatic nitrogens is 1. The summed E-state index contributed by atoms with van der Waals surface area (Å²) in [6.45, 7) is 2.82. The van der Waals surface area contributed by atoms with Gasteiger partial charge in [-0.05, 0) is 42.8 Å². The molecule has 0 aliphatic carbocycles. The number of pyridine rings is 1. The van der Waals surface area contributed by atoms with Crippen LogP contribution in [-0.2, 0) is 10.0 Å². The van der Waals surface area contributed by atoms with E-state index in [9.17, 15) is 8.42 Å². The molecule has 2 aromatic carbocycles. The first-order chi connectivity index (χ1) is 13.5. The third kappa shape index (κ3) is 3.86. The fourth-order valence-electron chi connectivity index (χ4n) is 2.87. The lowest BCUT2D eigenvalue weighted by atomic mass is 10.2. The van der Waals surface area contributed by atoms with Crippen LogP contribution in [0.5, 0.6) is 11.5 Å². The number of fused-ring (bicyclic) bond motifs is 1. The second-order valence-electron chi connectivity index (χ2n) is 6.29. The Morgan fingerprint density at radius 3 is 2.43 bits per heavy atom. The van der Waals surface area contributed by atoms with Crippen molar-refractivity contribution >= 4 is 27.2 Å². The Bertz CT molecular complexity index is 1100. The van der Waals surface area contributed by atoms with E-state index in [2.05, 4.69) is 15.0 Å². The number of nitrogens with zero attached hydrogens (tertiary/aromatic N) is 1. The number of aryl methyl sites for hydroxylation is 1. The van der Waals surface area contributed by atoms with Gasteiger partial charge in [-0.25, -0.2) is 13.4 Å². The molecule has 7 nitrogen and oxygen atoms in total. The van der Waals surface area contributed by atoms with E-state index in [4.69, 9.17) is 9.47 Å². The van der Waals surface area contributed by atoms with Gasteiger partial charge in [0.05, 0.1) is 16.8 Å². The van der Waals surface area contributed by atoms with Gasteiger partial charge in [-0.2, -0.15) is 0 Å². The summed E-state index contributed by atoms with van der Waals surface area (Å²) in [7, 11) is -3.69. The Kier molecular flexibility index (Phi) is 4.79. The van der Waals surface area contributed by atoms with Crippen LogP contribution < -0.4 is 19.5 Å². The molecular weight excluding hydrogens is 378 g/mol. The van der Waals surface area contributed by atoms with E-state index >= 15 is 0 Å². The molecule has 0 spiro atoms. The van der Waals surface area contributed by atoms with Crippen LogP contribution in [0.4, 0.5) is 17.2 Å². The average Bonchev–Trinajstić information content (AvgIpc) is 2.69. The average molecular weight is 397 g/mol. The third-order valence-corrected chi connectivity index (χ3v) is 5.73. The van der Waals surface area contributed by atoms with Gasteiger partial charge >= 0.3 is 0 Å². The van der Waals surface area contributed by atoms with Crippen LogP contribution in [0.2, 0.25) is 0 Å². The largest absolute Gasteiger partial charge is 0.486 e. The molecule has 0 amide bonds. The van der Waals surface area contributed by atoms with Crippen molar-refractivity contribution in [3.05, 3.63) is 66.4 Å². The molecule has 4 rings (SSSR count). The molecule has 2 N–H and O–H groups in total. The van der Waals surface area contributed by atoms with Gasteiger partial charge in [0.2, 0.25) is 0 Å². The van der Waals surface area contributed by atoms with Gasteiger partial charge in [0.1, 0.15) is 19.0 Å². The predicted molar refractivity (Wildman–Crippen MR) is 107 cm³/mol. The fourth-order valence-corrected chi connectivity index (χ4v) is 4.12. The van der Waals surface area contributed by atoms with Crippen molar-refractivity contribution in [3.8, 4) is 11.5 Å². The molecule has 0 saturated heterocycles. The minimum Gasteiger partial charge on any atom is -0.486 e. The number of sulfonamides is 1. The number of benzene rings is 2. The van der Waals surface area contributed by atoms with Crippen LogP contribution in [0.3, 0.4) is 0 Å². The summed E-state index contributed by atoms with van der Waals surface area (Å²) in [6.07, 6.45) is 1.56. The zero-order valence-electron chi connectivity index (χ0n) is 15.2. The highest BCUT2D eigenvalue weighted by Gasteiger charge is 2.17. The maximum Gasteiger partial charge on any atom is 0.263 e. The van der Waals surface area contributed by atoms with Crippen LogP contribution in [0.25, 0.3) is 0 Å². The molecule has 2 heterocycles. The van der Waals surface area contributed by atoms with Crippen molar-refractivity contribution < 1.29 is 17.9 Å². The Balaban J connectivity index is 1.48. The molecule has 0 atom stereocenters. The van der Waals surface area contributed by atoms with Crippen LogP contribution in [0, 0.1) is 6.92 Å². The van der Waals surface area contributed by atoms with Crippen molar-refractivity contribution in [2.75, 3.05) is 23.3 Å². The molecule has 8 heteroatoms. The number of anilines is 3. The van der Waals surface area contributed by atoms with Gasteiger partial charge in [0.25, 0.3) is 10.0 Å². The zero-order valence-corrected chi connectivity index (χ0v) is 16.0. The van der Waals surface area contributed by atoms with Gasteiger partial charge in [0.15, 0.2) is 11.5 Å². The van der Waals surface area contributed by atoms with Crippen LogP contribution in [0.15, 0.2) is 65.7 Å². The Morgan fingerprint density at radius 1 is 0.929 bits per heavy atom.